The van der Waals surface area contributed by atoms with Crippen molar-refractivity contribution in [2.24, 2.45) is 0 Å². The highest BCUT2D eigenvalue weighted by Gasteiger charge is 2.03. The average molecular weight is 269 g/mol. The number of hydrogen-bond acceptors (Lipinski definition) is 6. The maximum absolute atomic E-state index is 4.44. The summed E-state index contributed by atoms with van der Waals surface area (Å²) in [7, 11) is 4.12. The number of likely N-dealkylation sites (N-methyl/N-ethyl adjacent to an activating group) is 1. The fourth-order valence-corrected chi connectivity index (χ4v) is 1.74. The first kappa shape index (κ1) is 15.0. The van der Waals surface area contributed by atoms with Gasteiger partial charge in [0.15, 0.2) is 5.16 Å². The number of rotatable bonds is 8. The van der Waals surface area contributed by atoms with Crippen LogP contribution in [0.3, 0.4) is 0 Å². The Hall–Kier alpha value is -1.01. The van der Waals surface area contributed by atoms with Crippen molar-refractivity contribution < 1.29 is 0 Å². The molecule has 0 aliphatic carbocycles. The summed E-state index contributed by atoms with van der Waals surface area (Å²) >= 11 is 1.56. The molecule has 6 heteroatoms. The molecule has 18 heavy (non-hydrogen) atoms. The number of nitrogens with one attached hydrogen (secondary N) is 2. The molecule has 2 N–H and O–H groups in total. The first-order chi connectivity index (χ1) is 8.65. The molecule has 0 aliphatic heterocycles. The van der Waals surface area contributed by atoms with E-state index in [-0.39, 0.29) is 0 Å². The van der Waals surface area contributed by atoms with E-state index in [1.807, 2.05) is 12.3 Å². The van der Waals surface area contributed by atoms with Crippen molar-refractivity contribution in [1.29, 1.82) is 0 Å². The van der Waals surface area contributed by atoms with Crippen LogP contribution in [-0.2, 0) is 0 Å². The van der Waals surface area contributed by atoms with E-state index in [0.717, 1.165) is 42.8 Å². The largest absolute Gasteiger partial charge is 0.370 e. The first-order valence-electron chi connectivity index (χ1n) is 6.21. The third-order valence-corrected chi connectivity index (χ3v) is 2.86. The summed E-state index contributed by atoms with van der Waals surface area (Å²) in [6.07, 6.45) is 3.07. The van der Waals surface area contributed by atoms with Crippen molar-refractivity contribution in [1.82, 2.24) is 14.9 Å². The predicted molar refractivity (Wildman–Crippen MR) is 79.6 cm³/mol. The maximum Gasteiger partial charge on any atom is 0.191 e. The van der Waals surface area contributed by atoms with Crippen molar-refractivity contribution in [3.05, 3.63) is 6.07 Å². The molecular weight excluding hydrogens is 246 g/mol. The topological polar surface area (TPSA) is 53.1 Å². The Kier molecular flexibility index (Phi) is 6.82. The Bertz CT molecular complexity index is 356. The summed E-state index contributed by atoms with van der Waals surface area (Å²) in [6.45, 7) is 4.93. The molecule has 0 spiro atoms. The number of thioether (sulfide) groups is 1. The molecule has 1 rings (SSSR count). The molecule has 102 valence electrons. The molecular formula is C12H23N5S. The minimum absolute atomic E-state index is 0.795. The smallest absolute Gasteiger partial charge is 0.191 e. The lowest BCUT2D eigenvalue weighted by Crippen LogP contribution is -2.21. The van der Waals surface area contributed by atoms with E-state index in [0.29, 0.717) is 0 Å². The van der Waals surface area contributed by atoms with Gasteiger partial charge in [-0.05, 0) is 26.8 Å². The highest BCUT2D eigenvalue weighted by Crippen LogP contribution is 2.17. The third kappa shape index (κ3) is 5.55. The van der Waals surface area contributed by atoms with E-state index >= 15 is 0 Å². The SMILES string of the molecule is CCCNc1cc(NCCN(C)C)nc(SC)n1. The molecule has 0 saturated carbocycles. The first-order valence-corrected chi connectivity index (χ1v) is 7.43. The van der Waals surface area contributed by atoms with Crippen LogP contribution < -0.4 is 10.6 Å². The molecule has 0 aliphatic rings. The lowest BCUT2D eigenvalue weighted by atomic mass is 10.4. The summed E-state index contributed by atoms with van der Waals surface area (Å²) in [5.41, 5.74) is 0. The van der Waals surface area contributed by atoms with Crippen molar-refractivity contribution in [2.45, 2.75) is 18.5 Å². The maximum atomic E-state index is 4.44. The Morgan fingerprint density at radius 1 is 1.17 bits per heavy atom. The molecule has 0 atom stereocenters. The zero-order valence-electron chi connectivity index (χ0n) is 11.7. The van der Waals surface area contributed by atoms with E-state index in [4.69, 9.17) is 0 Å². The van der Waals surface area contributed by atoms with Crippen LogP contribution in [0.15, 0.2) is 11.2 Å². The van der Waals surface area contributed by atoms with E-state index < -0.39 is 0 Å². The van der Waals surface area contributed by atoms with Crippen LogP contribution in [0.4, 0.5) is 11.6 Å². The van der Waals surface area contributed by atoms with E-state index in [1.54, 1.807) is 11.8 Å². The van der Waals surface area contributed by atoms with Gasteiger partial charge in [0.25, 0.3) is 0 Å². The molecule has 5 nitrogen and oxygen atoms in total. The van der Waals surface area contributed by atoms with Gasteiger partial charge >= 0.3 is 0 Å². The Morgan fingerprint density at radius 3 is 2.28 bits per heavy atom. The summed E-state index contributed by atoms with van der Waals surface area (Å²) in [5.74, 6) is 1.78. The summed E-state index contributed by atoms with van der Waals surface area (Å²) in [5, 5.41) is 7.41. The molecule has 0 bridgehead atoms. The van der Waals surface area contributed by atoms with Crippen LogP contribution in [0.1, 0.15) is 13.3 Å². The Labute approximate surface area is 114 Å². The molecule has 1 aromatic rings. The van der Waals surface area contributed by atoms with Crippen LogP contribution in [-0.4, -0.2) is 54.9 Å². The number of nitrogens with zero attached hydrogens (tertiary/aromatic N) is 3. The highest BCUT2D eigenvalue weighted by molar-refractivity contribution is 7.98. The van der Waals surface area contributed by atoms with Gasteiger partial charge in [-0.25, -0.2) is 9.97 Å². The zero-order valence-corrected chi connectivity index (χ0v) is 12.5. The quantitative estimate of drug-likeness (QED) is 0.556. The summed E-state index contributed by atoms with van der Waals surface area (Å²) in [4.78, 5) is 11.0. The van der Waals surface area contributed by atoms with Crippen molar-refractivity contribution in [2.75, 3.05) is 50.6 Å². The number of aromatic nitrogens is 2. The second kappa shape index (κ2) is 8.16. The van der Waals surface area contributed by atoms with Gasteiger partial charge in [-0.1, -0.05) is 18.7 Å². The predicted octanol–water partition coefficient (Wildman–Crippen LogP) is 1.99. The van der Waals surface area contributed by atoms with Crippen LogP contribution in [0, 0.1) is 0 Å². The Balaban J connectivity index is 2.64. The molecule has 0 amide bonds. The third-order valence-electron chi connectivity index (χ3n) is 2.31. The lowest BCUT2D eigenvalue weighted by Gasteiger charge is -2.12. The van der Waals surface area contributed by atoms with E-state index in [2.05, 4.69) is 46.5 Å². The minimum atomic E-state index is 0.795. The molecule has 1 heterocycles. The van der Waals surface area contributed by atoms with Gasteiger partial charge in [-0.2, -0.15) is 0 Å². The van der Waals surface area contributed by atoms with Gasteiger partial charge in [-0.3, -0.25) is 0 Å². The van der Waals surface area contributed by atoms with Crippen molar-refractivity contribution >= 4 is 23.4 Å². The monoisotopic (exact) mass is 269 g/mol. The van der Waals surface area contributed by atoms with Crippen molar-refractivity contribution in [3.8, 4) is 0 Å². The van der Waals surface area contributed by atoms with Crippen LogP contribution in [0.25, 0.3) is 0 Å². The van der Waals surface area contributed by atoms with Gasteiger partial charge in [0.2, 0.25) is 0 Å². The average Bonchev–Trinajstić information content (AvgIpc) is 2.35. The summed E-state index contributed by atoms with van der Waals surface area (Å²) < 4.78 is 0. The van der Waals surface area contributed by atoms with E-state index in [1.165, 1.54) is 0 Å². The molecule has 0 aromatic carbocycles. The fraction of sp³-hybridized carbons (Fsp3) is 0.667. The molecule has 0 saturated heterocycles. The van der Waals surface area contributed by atoms with Gasteiger partial charge in [0.05, 0.1) is 0 Å². The van der Waals surface area contributed by atoms with Crippen LogP contribution in [0.2, 0.25) is 0 Å². The second-order valence-electron chi connectivity index (χ2n) is 4.28. The number of hydrogen-bond donors (Lipinski definition) is 2. The highest BCUT2D eigenvalue weighted by atomic mass is 32.2. The molecule has 0 unspecified atom stereocenters. The Morgan fingerprint density at radius 2 is 1.78 bits per heavy atom. The molecule has 0 fully saturated rings. The van der Waals surface area contributed by atoms with Gasteiger partial charge in [-0.15, -0.1) is 0 Å². The lowest BCUT2D eigenvalue weighted by molar-refractivity contribution is 0.425. The number of anilines is 2. The fourth-order valence-electron chi connectivity index (χ4n) is 1.36. The summed E-state index contributed by atoms with van der Waals surface area (Å²) in [6, 6.07) is 1.96. The van der Waals surface area contributed by atoms with Gasteiger partial charge in [0.1, 0.15) is 11.6 Å². The molecule has 1 aromatic heterocycles. The minimum Gasteiger partial charge on any atom is -0.370 e. The van der Waals surface area contributed by atoms with Crippen molar-refractivity contribution in [3.63, 3.8) is 0 Å². The van der Waals surface area contributed by atoms with Crippen LogP contribution in [0.5, 0.6) is 0 Å². The van der Waals surface area contributed by atoms with E-state index in [9.17, 15) is 0 Å². The standard InChI is InChI=1S/C12H23N5S/c1-5-6-13-10-9-11(14-7-8-17(2)3)16-12(15-10)18-4/h9H,5-8H2,1-4H3,(H2,13,14,15,16). The van der Waals surface area contributed by atoms with Gasteiger partial charge < -0.3 is 15.5 Å². The van der Waals surface area contributed by atoms with Gasteiger partial charge in [0, 0.05) is 25.7 Å². The molecule has 0 radical (unpaired) electrons. The zero-order chi connectivity index (χ0) is 13.4. The van der Waals surface area contributed by atoms with Crippen LogP contribution >= 0.6 is 11.8 Å². The second-order valence-corrected chi connectivity index (χ2v) is 5.06. The normalized spacial score (nSPS) is 10.7.